The number of benzene rings is 1. The van der Waals surface area contributed by atoms with E-state index in [4.69, 9.17) is 10.5 Å². The molecule has 3 N–H and O–H groups in total. The largest absolute Gasteiger partial charge is 0.493 e. The molecule has 23 heavy (non-hydrogen) atoms. The predicted molar refractivity (Wildman–Crippen MR) is 85.8 cm³/mol. The van der Waals surface area contributed by atoms with Gasteiger partial charge in [0.25, 0.3) is 0 Å². The molecule has 1 atom stereocenters. The Kier molecular flexibility index (Phi) is 4.68. The van der Waals surface area contributed by atoms with Gasteiger partial charge in [-0.3, -0.25) is 4.99 Å². The Labute approximate surface area is 135 Å². The lowest BCUT2D eigenvalue weighted by Crippen LogP contribution is -2.38. The van der Waals surface area contributed by atoms with Gasteiger partial charge in [0.1, 0.15) is 5.75 Å². The number of alkyl halides is 2. The molecule has 0 amide bonds. The fourth-order valence-corrected chi connectivity index (χ4v) is 3.23. The minimum Gasteiger partial charge on any atom is -0.493 e. The van der Waals surface area contributed by atoms with Gasteiger partial charge in [0.15, 0.2) is 5.96 Å². The third kappa shape index (κ3) is 4.12. The molecule has 0 radical (unpaired) electrons. The minimum atomic E-state index is -2.49. The van der Waals surface area contributed by atoms with Crippen LogP contribution in [0.15, 0.2) is 29.3 Å². The first-order valence-electron chi connectivity index (χ1n) is 8.19. The second-order valence-electron chi connectivity index (χ2n) is 6.40. The lowest BCUT2D eigenvalue weighted by molar-refractivity contribution is -0.0446. The van der Waals surface area contributed by atoms with Gasteiger partial charge in [-0.15, -0.1) is 0 Å². The first-order chi connectivity index (χ1) is 11.0. The van der Waals surface area contributed by atoms with Gasteiger partial charge in [-0.05, 0) is 24.8 Å². The summed E-state index contributed by atoms with van der Waals surface area (Å²) in [7, 11) is 0. The van der Waals surface area contributed by atoms with Gasteiger partial charge < -0.3 is 15.8 Å². The molecule has 0 spiro atoms. The molecular weight excluding hydrogens is 300 g/mol. The van der Waals surface area contributed by atoms with E-state index in [1.54, 1.807) is 0 Å². The summed E-state index contributed by atoms with van der Waals surface area (Å²) in [5, 5.41) is 3.23. The molecule has 4 nitrogen and oxygen atoms in total. The third-order valence-corrected chi connectivity index (χ3v) is 4.64. The summed E-state index contributed by atoms with van der Waals surface area (Å²) in [4.78, 5) is 4.36. The number of nitrogens with zero attached hydrogens (tertiary/aromatic N) is 1. The van der Waals surface area contributed by atoms with Crippen molar-refractivity contribution in [3.63, 3.8) is 0 Å². The van der Waals surface area contributed by atoms with E-state index in [2.05, 4.69) is 10.3 Å². The maximum Gasteiger partial charge on any atom is 0.248 e. The molecular formula is C17H23F2N3O. The van der Waals surface area contributed by atoms with Crippen molar-refractivity contribution in [1.82, 2.24) is 5.32 Å². The van der Waals surface area contributed by atoms with E-state index in [1.165, 1.54) is 0 Å². The van der Waals surface area contributed by atoms with Gasteiger partial charge >= 0.3 is 0 Å². The van der Waals surface area contributed by atoms with Gasteiger partial charge in [0, 0.05) is 31.4 Å². The number of rotatable bonds is 3. The molecule has 2 aliphatic rings. The summed E-state index contributed by atoms with van der Waals surface area (Å²) >= 11 is 0. The lowest BCUT2D eigenvalue weighted by Gasteiger charge is -2.28. The van der Waals surface area contributed by atoms with Crippen LogP contribution in [0, 0.1) is 5.92 Å². The number of nitrogens with one attached hydrogen (secondary N) is 1. The van der Waals surface area contributed by atoms with Crippen LogP contribution in [0.1, 0.15) is 43.7 Å². The Morgan fingerprint density at radius 2 is 2.00 bits per heavy atom. The molecule has 126 valence electrons. The van der Waals surface area contributed by atoms with Gasteiger partial charge in [-0.25, -0.2) is 8.78 Å². The predicted octanol–water partition coefficient (Wildman–Crippen LogP) is 3.24. The van der Waals surface area contributed by atoms with Crippen LogP contribution in [0.4, 0.5) is 8.78 Å². The van der Waals surface area contributed by atoms with Crippen LogP contribution < -0.4 is 15.8 Å². The number of halogens is 2. The van der Waals surface area contributed by atoms with E-state index in [-0.39, 0.29) is 24.8 Å². The quantitative estimate of drug-likeness (QED) is 0.663. The number of para-hydroxylation sites is 1. The fraction of sp³-hybridized carbons (Fsp3) is 0.588. The summed E-state index contributed by atoms with van der Waals surface area (Å²) in [5.41, 5.74) is 7.06. The van der Waals surface area contributed by atoms with E-state index < -0.39 is 5.92 Å². The molecule has 1 aromatic rings. The zero-order valence-corrected chi connectivity index (χ0v) is 13.1. The van der Waals surface area contributed by atoms with Crippen molar-refractivity contribution >= 4 is 5.96 Å². The van der Waals surface area contributed by atoms with E-state index >= 15 is 0 Å². The van der Waals surface area contributed by atoms with Crippen LogP contribution in [-0.2, 0) is 0 Å². The number of fused-ring (bicyclic) bond motifs is 1. The van der Waals surface area contributed by atoms with Crippen LogP contribution in [0.2, 0.25) is 0 Å². The summed E-state index contributed by atoms with van der Waals surface area (Å²) < 4.78 is 31.9. The number of nitrogens with two attached hydrogens (primary N) is 1. The van der Waals surface area contributed by atoms with Crippen LogP contribution in [-0.4, -0.2) is 25.0 Å². The second-order valence-corrected chi connectivity index (χ2v) is 6.40. The molecule has 1 aliphatic carbocycles. The Morgan fingerprint density at radius 3 is 2.78 bits per heavy atom. The Bertz CT molecular complexity index is 567. The number of hydrogen-bond acceptors (Lipinski definition) is 2. The van der Waals surface area contributed by atoms with Crippen molar-refractivity contribution in [1.29, 1.82) is 0 Å². The van der Waals surface area contributed by atoms with Gasteiger partial charge in [-0.1, -0.05) is 18.2 Å². The first kappa shape index (κ1) is 16.0. The molecule has 3 rings (SSSR count). The summed E-state index contributed by atoms with van der Waals surface area (Å²) in [6, 6.07) is 7.95. The van der Waals surface area contributed by atoms with E-state index in [9.17, 15) is 8.78 Å². The second kappa shape index (κ2) is 6.72. The maximum absolute atomic E-state index is 13.1. The highest BCUT2D eigenvalue weighted by Gasteiger charge is 2.34. The molecule has 0 bridgehead atoms. The average molecular weight is 323 g/mol. The molecule has 1 saturated carbocycles. The number of ether oxygens (including phenoxy) is 1. The van der Waals surface area contributed by atoms with Crippen molar-refractivity contribution in [2.45, 2.75) is 44.1 Å². The highest BCUT2D eigenvalue weighted by molar-refractivity contribution is 5.78. The van der Waals surface area contributed by atoms with Crippen LogP contribution in [0.25, 0.3) is 0 Å². The third-order valence-electron chi connectivity index (χ3n) is 4.64. The van der Waals surface area contributed by atoms with Crippen LogP contribution >= 0.6 is 0 Å². The monoisotopic (exact) mass is 323 g/mol. The highest BCUT2D eigenvalue weighted by Crippen LogP contribution is 2.36. The Hall–Kier alpha value is -1.85. The zero-order chi connectivity index (χ0) is 16.3. The number of hydrogen-bond donors (Lipinski definition) is 2. The summed E-state index contributed by atoms with van der Waals surface area (Å²) in [6.45, 7) is 1.15. The molecule has 0 aromatic heterocycles. The van der Waals surface area contributed by atoms with Crippen molar-refractivity contribution in [2.75, 3.05) is 13.2 Å². The Morgan fingerprint density at radius 1 is 1.26 bits per heavy atom. The first-order valence-corrected chi connectivity index (χ1v) is 8.19. The van der Waals surface area contributed by atoms with Crippen molar-refractivity contribution in [2.24, 2.45) is 16.6 Å². The standard InChI is InChI=1S/C17H23F2N3O/c18-17(19)8-5-12(6-9-17)11-21-16(20)22-14-7-10-23-15-4-2-1-3-13(14)15/h1-4,12,14H,5-11H2,(H3,20,21,22). The number of guanidine groups is 1. The maximum atomic E-state index is 13.1. The summed E-state index contributed by atoms with van der Waals surface area (Å²) in [5.74, 6) is -1.03. The topological polar surface area (TPSA) is 59.6 Å². The van der Waals surface area contributed by atoms with Gasteiger partial charge in [-0.2, -0.15) is 0 Å². The van der Waals surface area contributed by atoms with Crippen molar-refractivity contribution < 1.29 is 13.5 Å². The SMILES string of the molecule is NC(=NCC1CCC(F)(F)CC1)NC1CCOc2ccccc21. The van der Waals surface area contributed by atoms with E-state index in [1.807, 2.05) is 24.3 Å². The van der Waals surface area contributed by atoms with Gasteiger partial charge in [0.2, 0.25) is 5.92 Å². The molecule has 1 unspecified atom stereocenters. The van der Waals surface area contributed by atoms with Crippen LogP contribution in [0.3, 0.4) is 0 Å². The van der Waals surface area contributed by atoms with Crippen LogP contribution in [0.5, 0.6) is 5.75 Å². The minimum absolute atomic E-state index is 0.0339. The smallest absolute Gasteiger partial charge is 0.248 e. The molecule has 0 saturated heterocycles. The van der Waals surface area contributed by atoms with Crippen molar-refractivity contribution in [3.8, 4) is 5.75 Å². The summed E-state index contributed by atoms with van der Waals surface area (Å²) in [6.07, 6.45) is 1.79. The normalized spacial score (nSPS) is 24.6. The molecule has 6 heteroatoms. The average Bonchev–Trinajstić information content (AvgIpc) is 2.54. The Balaban J connectivity index is 1.54. The zero-order valence-electron chi connectivity index (χ0n) is 13.1. The fourth-order valence-electron chi connectivity index (χ4n) is 3.23. The van der Waals surface area contributed by atoms with Gasteiger partial charge in [0.05, 0.1) is 12.6 Å². The van der Waals surface area contributed by atoms with Crippen molar-refractivity contribution in [3.05, 3.63) is 29.8 Å². The lowest BCUT2D eigenvalue weighted by atomic mass is 9.87. The number of aliphatic imine (C=N–C) groups is 1. The molecule has 1 fully saturated rings. The van der Waals surface area contributed by atoms with E-state index in [0.29, 0.717) is 32.0 Å². The highest BCUT2D eigenvalue weighted by atomic mass is 19.3. The molecule has 1 heterocycles. The van der Waals surface area contributed by atoms with E-state index in [0.717, 1.165) is 17.7 Å². The molecule has 1 aromatic carbocycles. The molecule has 1 aliphatic heterocycles.